The van der Waals surface area contributed by atoms with Crippen LogP contribution in [0.1, 0.15) is 11.6 Å². The zero-order valence-electron chi connectivity index (χ0n) is 6.88. The number of carbonyl (C=O) groups is 1. The molecular weight excluding hydrogens is 171 g/mol. The molecule has 1 aromatic rings. The fourth-order valence-electron chi connectivity index (χ4n) is 1.42. The van der Waals surface area contributed by atoms with Gasteiger partial charge in [-0.1, -0.05) is 6.07 Å². The van der Waals surface area contributed by atoms with Crippen molar-refractivity contribution in [2.75, 3.05) is 11.9 Å². The molecule has 3 N–H and O–H groups in total. The fraction of sp³-hybridized carbons (Fsp3) is 0.222. The van der Waals surface area contributed by atoms with Crippen LogP contribution in [-0.4, -0.2) is 12.3 Å². The Kier molecular flexibility index (Phi) is 1.77. The van der Waals surface area contributed by atoms with Crippen LogP contribution in [-0.2, 0) is 4.79 Å². The van der Waals surface area contributed by atoms with Crippen molar-refractivity contribution in [2.45, 2.75) is 6.04 Å². The maximum Gasteiger partial charge on any atom is 0.173 e. The highest BCUT2D eigenvalue weighted by molar-refractivity contribution is 5.93. The van der Waals surface area contributed by atoms with Crippen LogP contribution in [0.3, 0.4) is 0 Å². The first-order valence-corrected chi connectivity index (χ1v) is 4.00. The van der Waals surface area contributed by atoms with Crippen LogP contribution in [0, 0.1) is 5.82 Å². The SMILES string of the molecule is NC1C(=O)CNc2cc(F)ccc21. The molecule has 1 atom stereocenters. The van der Waals surface area contributed by atoms with Gasteiger partial charge in [0.1, 0.15) is 5.82 Å². The Morgan fingerprint density at radius 3 is 3.08 bits per heavy atom. The van der Waals surface area contributed by atoms with Crippen LogP contribution in [0.25, 0.3) is 0 Å². The summed E-state index contributed by atoms with van der Waals surface area (Å²) in [5.41, 5.74) is 6.91. The minimum Gasteiger partial charge on any atom is -0.378 e. The highest BCUT2D eigenvalue weighted by atomic mass is 19.1. The minimum absolute atomic E-state index is 0.0703. The number of fused-ring (bicyclic) bond motifs is 1. The normalized spacial score (nSPS) is 20.8. The summed E-state index contributed by atoms with van der Waals surface area (Å²) in [6.45, 7) is 0.178. The molecule has 0 radical (unpaired) electrons. The van der Waals surface area contributed by atoms with Crippen LogP contribution in [0.2, 0.25) is 0 Å². The fourth-order valence-corrected chi connectivity index (χ4v) is 1.42. The second-order valence-corrected chi connectivity index (χ2v) is 3.03. The summed E-state index contributed by atoms with van der Waals surface area (Å²) in [4.78, 5) is 11.2. The van der Waals surface area contributed by atoms with Crippen molar-refractivity contribution in [2.24, 2.45) is 5.73 Å². The van der Waals surface area contributed by atoms with E-state index in [2.05, 4.69) is 5.32 Å². The number of nitrogens with two attached hydrogens (primary N) is 1. The number of nitrogens with one attached hydrogen (secondary N) is 1. The maximum absolute atomic E-state index is 12.8. The van der Waals surface area contributed by atoms with Crippen LogP contribution in [0.15, 0.2) is 18.2 Å². The molecule has 0 spiro atoms. The number of hydrogen-bond acceptors (Lipinski definition) is 3. The van der Waals surface area contributed by atoms with Crippen molar-refractivity contribution < 1.29 is 9.18 Å². The van der Waals surface area contributed by atoms with Gasteiger partial charge in [0.2, 0.25) is 0 Å². The average Bonchev–Trinajstić information content (AvgIpc) is 2.12. The van der Waals surface area contributed by atoms with Gasteiger partial charge >= 0.3 is 0 Å². The van der Waals surface area contributed by atoms with E-state index in [9.17, 15) is 9.18 Å². The molecule has 1 aliphatic rings. The second kappa shape index (κ2) is 2.81. The summed E-state index contributed by atoms with van der Waals surface area (Å²) in [6, 6.07) is 3.58. The lowest BCUT2D eigenvalue weighted by Gasteiger charge is -2.22. The average molecular weight is 180 g/mol. The lowest BCUT2D eigenvalue weighted by atomic mass is 9.98. The van der Waals surface area contributed by atoms with E-state index >= 15 is 0 Å². The van der Waals surface area contributed by atoms with Crippen molar-refractivity contribution in [3.63, 3.8) is 0 Å². The van der Waals surface area contributed by atoms with Gasteiger partial charge in [-0.3, -0.25) is 4.79 Å². The van der Waals surface area contributed by atoms with Gasteiger partial charge in [-0.25, -0.2) is 4.39 Å². The molecule has 0 bridgehead atoms. The van der Waals surface area contributed by atoms with Gasteiger partial charge in [0.15, 0.2) is 5.78 Å². The molecule has 0 amide bonds. The third-order valence-electron chi connectivity index (χ3n) is 2.15. The smallest absolute Gasteiger partial charge is 0.173 e. The molecular formula is C9H9FN2O. The third-order valence-corrected chi connectivity index (χ3v) is 2.15. The van der Waals surface area contributed by atoms with Crippen molar-refractivity contribution in [3.8, 4) is 0 Å². The number of rotatable bonds is 0. The predicted molar refractivity (Wildman–Crippen MR) is 46.8 cm³/mol. The molecule has 13 heavy (non-hydrogen) atoms. The quantitative estimate of drug-likeness (QED) is 0.621. The molecule has 0 saturated carbocycles. The van der Waals surface area contributed by atoms with Gasteiger partial charge in [-0.05, 0) is 17.7 Å². The Morgan fingerprint density at radius 2 is 2.31 bits per heavy atom. The summed E-state index contributed by atoms with van der Waals surface area (Å²) in [5.74, 6) is -0.396. The standard InChI is InChI=1S/C9H9FN2O/c10-5-1-2-6-7(3-5)12-4-8(13)9(6)11/h1-3,9,12H,4,11H2. The van der Waals surface area contributed by atoms with Crippen LogP contribution >= 0.6 is 0 Å². The third kappa shape index (κ3) is 1.29. The van der Waals surface area contributed by atoms with E-state index in [0.717, 1.165) is 0 Å². The van der Waals surface area contributed by atoms with Crippen molar-refractivity contribution >= 4 is 11.5 Å². The van der Waals surface area contributed by atoms with Gasteiger partial charge < -0.3 is 11.1 Å². The monoisotopic (exact) mass is 180 g/mol. The molecule has 68 valence electrons. The lowest BCUT2D eigenvalue weighted by Crippen LogP contribution is -2.32. The van der Waals surface area contributed by atoms with Crippen LogP contribution in [0.4, 0.5) is 10.1 Å². The molecule has 0 aliphatic carbocycles. The Balaban J connectivity index is 2.49. The van der Waals surface area contributed by atoms with Crippen LogP contribution in [0.5, 0.6) is 0 Å². The number of anilines is 1. The number of Topliss-reactive ketones (excluding diaryl/α,β-unsaturated/α-hetero) is 1. The number of benzene rings is 1. The van der Waals surface area contributed by atoms with Gasteiger partial charge in [0.05, 0.1) is 12.6 Å². The molecule has 1 unspecified atom stereocenters. The largest absolute Gasteiger partial charge is 0.378 e. The van der Waals surface area contributed by atoms with E-state index in [1.807, 2.05) is 0 Å². The number of halogens is 1. The molecule has 2 rings (SSSR count). The van der Waals surface area contributed by atoms with Gasteiger partial charge in [0.25, 0.3) is 0 Å². The Hall–Kier alpha value is -1.42. The van der Waals surface area contributed by atoms with Gasteiger partial charge in [-0.15, -0.1) is 0 Å². The first kappa shape index (κ1) is 8.19. The first-order chi connectivity index (χ1) is 6.18. The van der Waals surface area contributed by atoms with E-state index in [1.54, 1.807) is 6.07 Å². The van der Waals surface area contributed by atoms with E-state index in [1.165, 1.54) is 12.1 Å². The number of ketones is 1. The topological polar surface area (TPSA) is 55.1 Å². The summed E-state index contributed by atoms with van der Waals surface area (Å²) < 4.78 is 12.8. The second-order valence-electron chi connectivity index (χ2n) is 3.03. The molecule has 0 aromatic heterocycles. The molecule has 3 nitrogen and oxygen atoms in total. The highest BCUT2D eigenvalue weighted by Crippen LogP contribution is 2.26. The minimum atomic E-state index is -0.614. The van der Waals surface area contributed by atoms with Crippen molar-refractivity contribution in [3.05, 3.63) is 29.6 Å². The predicted octanol–water partition coefficient (Wildman–Crippen LogP) is 0.820. The highest BCUT2D eigenvalue weighted by Gasteiger charge is 2.23. The number of carbonyl (C=O) groups excluding carboxylic acids is 1. The Morgan fingerprint density at radius 1 is 1.54 bits per heavy atom. The van der Waals surface area contributed by atoms with E-state index in [4.69, 9.17) is 5.73 Å². The first-order valence-electron chi connectivity index (χ1n) is 4.00. The van der Waals surface area contributed by atoms with Crippen molar-refractivity contribution in [1.82, 2.24) is 0 Å². The Labute approximate surface area is 74.7 Å². The molecule has 4 heteroatoms. The lowest BCUT2D eigenvalue weighted by molar-refractivity contribution is -0.119. The van der Waals surface area contributed by atoms with Gasteiger partial charge in [-0.2, -0.15) is 0 Å². The van der Waals surface area contributed by atoms with Crippen molar-refractivity contribution in [1.29, 1.82) is 0 Å². The zero-order valence-corrected chi connectivity index (χ0v) is 6.88. The maximum atomic E-state index is 12.8. The number of hydrogen-bond donors (Lipinski definition) is 2. The van der Waals surface area contributed by atoms with Gasteiger partial charge in [0, 0.05) is 5.69 Å². The molecule has 0 saturated heterocycles. The Bertz CT molecular complexity index is 365. The molecule has 1 aromatic carbocycles. The summed E-state index contributed by atoms with van der Waals surface area (Å²) in [6.07, 6.45) is 0. The summed E-state index contributed by atoms with van der Waals surface area (Å²) in [7, 11) is 0. The summed E-state index contributed by atoms with van der Waals surface area (Å²) >= 11 is 0. The van der Waals surface area contributed by atoms with E-state index in [0.29, 0.717) is 11.3 Å². The summed E-state index contributed by atoms with van der Waals surface area (Å²) in [5, 5.41) is 2.81. The van der Waals surface area contributed by atoms with E-state index < -0.39 is 6.04 Å². The molecule has 0 fully saturated rings. The molecule has 1 aliphatic heterocycles. The van der Waals surface area contributed by atoms with Crippen LogP contribution < -0.4 is 11.1 Å². The zero-order chi connectivity index (χ0) is 9.42. The molecule has 1 heterocycles. The van der Waals surface area contributed by atoms with E-state index in [-0.39, 0.29) is 18.1 Å².